The molecule has 9 nitrogen and oxygen atoms in total. The van der Waals surface area contributed by atoms with Crippen LogP contribution in [0.4, 0.5) is 11.4 Å². The van der Waals surface area contributed by atoms with Crippen LogP contribution in [0, 0.1) is 16.0 Å². The van der Waals surface area contributed by atoms with Crippen LogP contribution in [0.5, 0.6) is 5.75 Å². The van der Waals surface area contributed by atoms with E-state index in [1.165, 1.54) is 32.4 Å². The molecule has 0 radical (unpaired) electrons. The van der Waals surface area contributed by atoms with Gasteiger partial charge in [0.25, 0.3) is 5.69 Å². The van der Waals surface area contributed by atoms with Crippen molar-refractivity contribution >= 4 is 23.3 Å². The second kappa shape index (κ2) is 8.61. The van der Waals surface area contributed by atoms with Gasteiger partial charge in [0.05, 0.1) is 42.9 Å². The van der Waals surface area contributed by atoms with E-state index in [-0.39, 0.29) is 29.2 Å². The summed E-state index contributed by atoms with van der Waals surface area (Å²) in [6.07, 6.45) is 1.29. The molecule has 1 aliphatic rings. The lowest BCUT2D eigenvalue weighted by Gasteiger charge is -2.34. The second-order valence-corrected chi connectivity index (χ2v) is 6.14. The summed E-state index contributed by atoms with van der Waals surface area (Å²) in [7, 11) is 2.76. The number of nitrogens with zero attached hydrogens (tertiary/aromatic N) is 2. The van der Waals surface area contributed by atoms with Gasteiger partial charge in [-0.25, -0.2) is 0 Å². The molecule has 0 unspecified atom stereocenters. The third-order valence-electron chi connectivity index (χ3n) is 4.65. The molecule has 1 fully saturated rings. The zero-order valence-electron chi connectivity index (χ0n) is 15.1. The van der Waals surface area contributed by atoms with E-state index >= 15 is 0 Å². The number of esters is 1. The van der Waals surface area contributed by atoms with Crippen LogP contribution in [-0.2, 0) is 14.3 Å². The van der Waals surface area contributed by atoms with E-state index in [0.717, 1.165) is 0 Å². The Labute approximate surface area is 151 Å². The normalized spacial score (nSPS) is 16.6. The number of benzene rings is 1. The Morgan fingerprint density at radius 1 is 1.31 bits per heavy atom. The first-order valence-electron chi connectivity index (χ1n) is 8.32. The van der Waals surface area contributed by atoms with Crippen LogP contribution >= 0.6 is 0 Å². The van der Waals surface area contributed by atoms with Crippen molar-refractivity contribution in [2.24, 2.45) is 5.92 Å². The average molecular weight is 365 g/mol. The summed E-state index contributed by atoms with van der Waals surface area (Å²) in [4.78, 5) is 36.4. The molecule has 142 valence electrons. The summed E-state index contributed by atoms with van der Waals surface area (Å²) in [5, 5.41) is 13.6. The highest BCUT2D eigenvalue weighted by Gasteiger charge is 2.30. The number of nitro groups is 1. The first-order valence-corrected chi connectivity index (χ1v) is 8.32. The van der Waals surface area contributed by atoms with E-state index < -0.39 is 11.0 Å². The number of amides is 1. The van der Waals surface area contributed by atoms with Crippen molar-refractivity contribution in [1.29, 1.82) is 0 Å². The summed E-state index contributed by atoms with van der Waals surface area (Å²) < 4.78 is 9.90. The van der Waals surface area contributed by atoms with E-state index in [0.29, 0.717) is 31.6 Å². The minimum absolute atomic E-state index is 0.113. The highest BCUT2D eigenvalue weighted by atomic mass is 16.6. The standard InChI is InChI=1S/C17H23N3O6/c1-11(19-8-6-12(7-9-19)17(22)26-3)16(21)18-14-5-4-13(20(23)24)10-15(14)25-2/h4-5,10-12H,6-9H2,1-3H3,(H,18,21)/t11-/m0/s1. The largest absolute Gasteiger partial charge is 0.494 e. The number of nitrogens with one attached hydrogen (secondary N) is 1. The Hall–Kier alpha value is -2.68. The molecule has 0 spiro atoms. The molecule has 2 rings (SSSR count). The summed E-state index contributed by atoms with van der Waals surface area (Å²) in [5.41, 5.74) is 0.261. The van der Waals surface area contributed by atoms with Gasteiger partial charge in [-0.15, -0.1) is 0 Å². The van der Waals surface area contributed by atoms with Gasteiger partial charge in [0.15, 0.2) is 0 Å². The third-order valence-corrected chi connectivity index (χ3v) is 4.65. The van der Waals surface area contributed by atoms with Crippen molar-refractivity contribution in [1.82, 2.24) is 4.90 Å². The molecule has 1 atom stereocenters. The van der Waals surface area contributed by atoms with Gasteiger partial charge < -0.3 is 14.8 Å². The van der Waals surface area contributed by atoms with E-state index in [1.807, 2.05) is 4.90 Å². The molecule has 1 saturated heterocycles. The number of non-ortho nitro benzene ring substituents is 1. The fourth-order valence-electron chi connectivity index (χ4n) is 2.99. The lowest BCUT2D eigenvalue weighted by Crippen LogP contribution is -2.47. The van der Waals surface area contributed by atoms with Crippen molar-refractivity contribution in [3.8, 4) is 5.75 Å². The molecule has 1 aromatic carbocycles. The first kappa shape index (κ1) is 19.6. The van der Waals surface area contributed by atoms with Crippen LogP contribution < -0.4 is 10.1 Å². The zero-order chi connectivity index (χ0) is 19.3. The van der Waals surface area contributed by atoms with Crippen LogP contribution in [0.1, 0.15) is 19.8 Å². The minimum atomic E-state index is -0.526. The Kier molecular flexibility index (Phi) is 6.51. The molecule has 0 bridgehead atoms. The summed E-state index contributed by atoms with van der Waals surface area (Å²) >= 11 is 0. The third kappa shape index (κ3) is 4.48. The number of likely N-dealkylation sites (tertiary alicyclic amines) is 1. The van der Waals surface area contributed by atoms with E-state index in [1.54, 1.807) is 6.92 Å². The van der Waals surface area contributed by atoms with Crippen LogP contribution in [0.25, 0.3) is 0 Å². The Bertz CT molecular complexity index is 685. The van der Waals surface area contributed by atoms with Crippen molar-refractivity contribution in [2.75, 3.05) is 32.6 Å². The van der Waals surface area contributed by atoms with Gasteiger partial charge in [0.2, 0.25) is 5.91 Å². The number of carbonyl (C=O) groups excluding carboxylic acids is 2. The quantitative estimate of drug-likeness (QED) is 0.465. The Balaban J connectivity index is 1.99. The van der Waals surface area contributed by atoms with Crippen LogP contribution in [-0.4, -0.2) is 55.1 Å². The summed E-state index contributed by atoms with van der Waals surface area (Å²) in [5.74, 6) is -0.350. The fourth-order valence-corrected chi connectivity index (χ4v) is 2.99. The highest BCUT2D eigenvalue weighted by molar-refractivity contribution is 5.96. The topological polar surface area (TPSA) is 111 Å². The van der Waals surface area contributed by atoms with Gasteiger partial charge in [-0.3, -0.25) is 24.6 Å². The van der Waals surface area contributed by atoms with Crippen molar-refractivity contribution in [2.45, 2.75) is 25.8 Å². The number of hydrogen-bond acceptors (Lipinski definition) is 7. The first-order chi connectivity index (χ1) is 12.4. The van der Waals surface area contributed by atoms with Crippen LogP contribution in [0.3, 0.4) is 0 Å². The zero-order valence-corrected chi connectivity index (χ0v) is 15.1. The van der Waals surface area contributed by atoms with Crippen LogP contribution in [0.15, 0.2) is 18.2 Å². The molecular formula is C17H23N3O6. The molecule has 1 heterocycles. The Morgan fingerprint density at radius 3 is 2.50 bits per heavy atom. The number of rotatable bonds is 6. The minimum Gasteiger partial charge on any atom is -0.494 e. The highest BCUT2D eigenvalue weighted by Crippen LogP contribution is 2.29. The number of carbonyl (C=O) groups is 2. The van der Waals surface area contributed by atoms with Crippen molar-refractivity contribution in [3.63, 3.8) is 0 Å². The monoisotopic (exact) mass is 365 g/mol. The molecule has 26 heavy (non-hydrogen) atoms. The lowest BCUT2D eigenvalue weighted by molar-refractivity contribution is -0.384. The van der Waals surface area contributed by atoms with Gasteiger partial charge in [0.1, 0.15) is 5.75 Å². The molecular weight excluding hydrogens is 342 g/mol. The predicted molar refractivity (Wildman–Crippen MR) is 94.1 cm³/mol. The number of nitro benzene ring substituents is 1. The maximum Gasteiger partial charge on any atom is 0.308 e. The predicted octanol–water partition coefficient (Wildman–Crippen LogP) is 1.82. The average Bonchev–Trinajstić information content (AvgIpc) is 2.66. The molecule has 0 saturated carbocycles. The van der Waals surface area contributed by atoms with E-state index in [9.17, 15) is 19.7 Å². The molecule has 1 aromatic rings. The van der Waals surface area contributed by atoms with Gasteiger partial charge in [-0.2, -0.15) is 0 Å². The maximum absolute atomic E-state index is 12.5. The number of anilines is 1. The fraction of sp³-hybridized carbons (Fsp3) is 0.529. The molecule has 0 aromatic heterocycles. The van der Waals surface area contributed by atoms with Crippen molar-refractivity contribution in [3.05, 3.63) is 28.3 Å². The number of piperidine rings is 1. The molecule has 1 aliphatic heterocycles. The van der Waals surface area contributed by atoms with E-state index in [2.05, 4.69) is 5.32 Å². The number of hydrogen-bond donors (Lipinski definition) is 1. The van der Waals surface area contributed by atoms with Crippen LogP contribution in [0.2, 0.25) is 0 Å². The van der Waals surface area contributed by atoms with E-state index in [4.69, 9.17) is 9.47 Å². The molecule has 1 N–H and O–H groups in total. The number of ether oxygens (including phenoxy) is 2. The lowest BCUT2D eigenvalue weighted by atomic mass is 9.96. The Morgan fingerprint density at radius 2 is 1.96 bits per heavy atom. The van der Waals surface area contributed by atoms with Gasteiger partial charge in [-0.1, -0.05) is 0 Å². The van der Waals surface area contributed by atoms with Gasteiger partial charge in [-0.05, 0) is 38.9 Å². The molecule has 0 aliphatic carbocycles. The van der Waals surface area contributed by atoms with Crippen molar-refractivity contribution < 1.29 is 24.0 Å². The smallest absolute Gasteiger partial charge is 0.308 e. The SMILES string of the molecule is COC(=O)C1CCN([C@@H](C)C(=O)Nc2ccc([N+](=O)[O-])cc2OC)CC1. The van der Waals surface area contributed by atoms with Gasteiger partial charge >= 0.3 is 5.97 Å². The summed E-state index contributed by atoms with van der Waals surface area (Å²) in [6.45, 7) is 3.02. The number of methoxy groups -OCH3 is 2. The second-order valence-electron chi connectivity index (χ2n) is 6.14. The summed E-state index contributed by atoms with van der Waals surface area (Å²) in [6, 6.07) is 3.62. The molecule has 9 heteroatoms. The maximum atomic E-state index is 12.5. The molecule has 1 amide bonds. The van der Waals surface area contributed by atoms with Gasteiger partial charge in [0, 0.05) is 6.07 Å².